The van der Waals surface area contributed by atoms with Crippen LogP contribution in [0, 0.1) is 5.92 Å². The molecule has 0 heterocycles. The molecule has 0 aliphatic heterocycles. The minimum atomic E-state index is -1.11. The SMILES string of the molecule is C[C@H]1C[C@H](O)C[C@](C)(O)[C@@H]1O. The van der Waals surface area contributed by atoms with Gasteiger partial charge in [0.1, 0.15) is 0 Å². The predicted molar refractivity (Wildman–Crippen MR) is 41.0 cm³/mol. The highest BCUT2D eigenvalue weighted by atomic mass is 16.3. The third kappa shape index (κ3) is 1.72. The van der Waals surface area contributed by atoms with Crippen molar-refractivity contribution in [3.8, 4) is 0 Å². The molecule has 0 amide bonds. The molecule has 1 rings (SSSR count). The molecule has 0 bridgehead atoms. The van der Waals surface area contributed by atoms with Crippen molar-refractivity contribution in [3.05, 3.63) is 0 Å². The van der Waals surface area contributed by atoms with Crippen LogP contribution in [0.5, 0.6) is 0 Å². The van der Waals surface area contributed by atoms with Crippen LogP contribution < -0.4 is 0 Å². The minimum Gasteiger partial charge on any atom is -0.393 e. The Hall–Kier alpha value is -0.120. The summed E-state index contributed by atoms with van der Waals surface area (Å²) in [6.07, 6.45) is -0.315. The third-order valence-corrected chi connectivity index (χ3v) is 2.47. The summed E-state index contributed by atoms with van der Waals surface area (Å²) in [6, 6.07) is 0. The van der Waals surface area contributed by atoms with Crippen molar-refractivity contribution in [1.82, 2.24) is 0 Å². The molecule has 0 aromatic heterocycles. The van der Waals surface area contributed by atoms with Gasteiger partial charge in [0, 0.05) is 6.42 Å². The van der Waals surface area contributed by atoms with Gasteiger partial charge in [-0.2, -0.15) is 0 Å². The number of hydrogen-bond acceptors (Lipinski definition) is 3. The van der Waals surface area contributed by atoms with Gasteiger partial charge in [0.2, 0.25) is 0 Å². The van der Waals surface area contributed by atoms with Crippen LogP contribution in [0.1, 0.15) is 26.7 Å². The van der Waals surface area contributed by atoms with Crippen LogP contribution in [0.4, 0.5) is 0 Å². The van der Waals surface area contributed by atoms with Crippen LogP contribution in [0.25, 0.3) is 0 Å². The molecule has 1 aliphatic rings. The Morgan fingerprint density at radius 1 is 1.36 bits per heavy atom. The normalized spacial score (nSPS) is 52.6. The summed E-state index contributed by atoms with van der Waals surface area (Å²) in [7, 11) is 0. The quantitative estimate of drug-likeness (QED) is 0.463. The molecular formula is C8H16O3. The van der Waals surface area contributed by atoms with Gasteiger partial charge in [-0.1, -0.05) is 6.92 Å². The van der Waals surface area contributed by atoms with Gasteiger partial charge >= 0.3 is 0 Å². The van der Waals surface area contributed by atoms with Crippen LogP contribution in [0.15, 0.2) is 0 Å². The fraction of sp³-hybridized carbons (Fsp3) is 1.00. The van der Waals surface area contributed by atoms with E-state index in [1.54, 1.807) is 6.92 Å². The zero-order valence-electron chi connectivity index (χ0n) is 6.99. The van der Waals surface area contributed by atoms with E-state index in [-0.39, 0.29) is 12.3 Å². The van der Waals surface area contributed by atoms with E-state index in [1.807, 2.05) is 6.92 Å². The second-order valence-electron chi connectivity index (χ2n) is 3.87. The summed E-state index contributed by atoms with van der Waals surface area (Å²) in [5.74, 6) is -0.0197. The van der Waals surface area contributed by atoms with Gasteiger partial charge in [-0.3, -0.25) is 0 Å². The Morgan fingerprint density at radius 2 is 1.91 bits per heavy atom. The van der Waals surface area contributed by atoms with E-state index < -0.39 is 17.8 Å². The lowest BCUT2D eigenvalue weighted by Crippen LogP contribution is -2.50. The van der Waals surface area contributed by atoms with Gasteiger partial charge < -0.3 is 15.3 Å². The van der Waals surface area contributed by atoms with Crippen LogP contribution in [0.2, 0.25) is 0 Å². The van der Waals surface area contributed by atoms with E-state index in [4.69, 9.17) is 0 Å². The molecule has 3 N–H and O–H groups in total. The van der Waals surface area contributed by atoms with E-state index in [0.29, 0.717) is 6.42 Å². The average Bonchev–Trinajstić information content (AvgIpc) is 1.81. The minimum absolute atomic E-state index is 0.0197. The molecule has 66 valence electrons. The maximum absolute atomic E-state index is 9.57. The molecule has 0 unspecified atom stereocenters. The molecule has 4 atom stereocenters. The van der Waals surface area contributed by atoms with Crippen molar-refractivity contribution in [2.75, 3.05) is 0 Å². The van der Waals surface area contributed by atoms with Gasteiger partial charge in [0.05, 0.1) is 17.8 Å². The lowest BCUT2D eigenvalue weighted by molar-refractivity contribution is -0.140. The fourth-order valence-electron chi connectivity index (χ4n) is 1.85. The highest BCUT2D eigenvalue weighted by Crippen LogP contribution is 2.32. The number of hydrogen-bond donors (Lipinski definition) is 3. The lowest BCUT2D eigenvalue weighted by atomic mass is 9.76. The van der Waals surface area contributed by atoms with E-state index in [1.165, 1.54) is 0 Å². The molecule has 0 radical (unpaired) electrons. The summed E-state index contributed by atoms with van der Waals surface area (Å²) in [5.41, 5.74) is -1.11. The van der Waals surface area contributed by atoms with Crippen molar-refractivity contribution in [3.63, 3.8) is 0 Å². The van der Waals surface area contributed by atoms with Crippen LogP contribution in [-0.2, 0) is 0 Å². The highest BCUT2D eigenvalue weighted by molar-refractivity contribution is 4.93. The van der Waals surface area contributed by atoms with Gasteiger partial charge in [-0.15, -0.1) is 0 Å². The molecule has 0 aromatic carbocycles. The molecule has 1 saturated carbocycles. The Kier molecular flexibility index (Phi) is 2.23. The molecule has 1 aliphatic carbocycles. The zero-order chi connectivity index (χ0) is 8.65. The third-order valence-electron chi connectivity index (χ3n) is 2.47. The molecular weight excluding hydrogens is 144 g/mol. The van der Waals surface area contributed by atoms with Gasteiger partial charge in [-0.25, -0.2) is 0 Å². The first-order chi connectivity index (χ1) is 4.93. The van der Waals surface area contributed by atoms with Crippen molar-refractivity contribution < 1.29 is 15.3 Å². The fourth-order valence-corrected chi connectivity index (χ4v) is 1.85. The Balaban J connectivity index is 2.67. The van der Waals surface area contributed by atoms with Gasteiger partial charge in [0.15, 0.2) is 0 Å². The lowest BCUT2D eigenvalue weighted by Gasteiger charge is -2.40. The average molecular weight is 160 g/mol. The monoisotopic (exact) mass is 160 g/mol. The smallest absolute Gasteiger partial charge is 0.0904 e. The highest BCUT2D eigenvalue weighted by Gasteiger charge is 2.41. The van der Waals surface area contributed by atoms with Gasteiger partial charge in [-0.05, 0) is 19.3 Å². The number of rotatable bonds is 0. The maximum atomic E-state index is 9.57. The molecule has 1 fully saturated rings. The van der Waals surface area contributed by atoms with E-state index in [2.05, 4.69) is 0 Å². The van der Waals surface area contributed by atoms with Crippen molar-refractivity contribution in [2.24, 2.45) is 5.92 Å². The first kappa shape index (κ1) is 8.97. The molecule has 11 heavy (non-hydrogen) atoms. The topological polar surface area (TPSA) is 60.7 Å². The first-order valence-corrected chi connectivity index (χ1v) is 4.02. The van der Waals surface area contributed by atoms with Crippen LogP contribution in [-0.4, -0.2) is 33.1 Å². The summed E-state index contributed by atoms with van der Waals surface area (Å²) >= 11 is 0. The summed E-state index contributed by atoms with van der Waals surface area (Å²) in [5, 5.41) is 28.3. The van der Waals surface area contributed by atoms with Crippen LogP contribution in [0.3, 0.4) is 0 Å². The number of aliphatic hydroxyl groups excluding tert-OH is 2. The second-order valence-corrected chi connectivity index (χ2v) is 3.87. The molecule has 0 aromatic rings. The van der Waals surface area contributed by atoms with E-state index in [9.17, 15) is 15.3 Å². The standard InChI is InChI=1S/C8H16O3/c1-5-3-6(9)4-8(2,11)7(5)10/h5-7,9-11H,3-4H2,1-2H3/t5-,6-,7+,8-/m0/s1. The Morgan fingerprint density at radius 3 is 2.36 bits per heavy atom. The molecule has 0 saturated heterocycles. The maximum Gasteiger partial charge on any atom is 0.0904 e. The van der Waals surface area contributed by atoms with Crippen molar-refractivity contribution in [1.29, 1.82) is 0 Å². The first-order valence-electron chi connectivity index (χ1n) is 4.02. The summed E-state index contributed by atoms with van der Waals surface area (Å²) in [4.78, 5) is 0. The van der Waals surface area contributed by atoms with Crippen molar-refractivity contribution >= 4 is 0 Å². The van der Waals surface area contributed by atoms with Crippen LogP contribution >= 0.6 is 0 Å². The molecule has 3 heteroatoms. The second kappa shape index (κ2) is 2.73. The number of aliphatic hydroxyl groups is 3. The molecule has 0 spiro atoms. The van der Waals surface area contributed by atoms with E-state index in [0.717, 1.165) is 0 Å². The summed E-state index contributed by atoms with van der Waals surface area (Å²) in [6.45, 7) is 3.40. The zero-order valence-corrected chi connectivity index (χ0v) is 6.99. The largest absolute Gasteiger partial charge is 0.393 e. The van der Waals surface area contributed by atoms with Gasteiger partial charge in [0.25, 0.3) is 0 Å². The van der Waals surface area contributed by atoms with E-state index >= 15 is 0 Å². The van der Waals surface area contributed by atoms with Crippen molar-refractivity contribution in [2.45, 2.75) is 44.5 Å². The predicted octanol–water partition coefficient (Wildman–Crippen LogP) is -0.111. The Bertz CT molecular complexity index is 144. The Labute approximate surface area is 66.7 Å². The molecule has 3 nitrogen and oxygen atoms in total. The summed E-state index contributed by atoms with van der Waals surface area (Å²) < 4.78 is 0.